The van der Waals surface area contributed by atoms with Gasteiger partial charge in [0.25, 0.3) is 5.91 Å². The number of fused-ring (bicyclic) bond motifs is 1. The van der Waals surface area contributed by atoms with E-state index in [2.05, 4.69) is 4.99 Å². The Balaban J connectivity index is 2.07. The number of aromatic nitrogens is 1. The summed E-state index contributed by atoms with van der Waals surface area (Å²) in [4.78, 5) is 17.2. The molecule has 1 aromatic heterocycles. The molecule has 0 spiro atoms. The number of thiazole rings is 1. The van der Waals surface area contributed by atoms with Crippen molar-refractivity contribution in [3.63, 3.8) is 0 Å². The highest BCUT2D eigenvalue weighted by Gasteiger charge is 2.30. The maximum Gasteiger partial charge on any atom is 0.416 e. The lowest BCUT2D eigenvalue weighted by Crippen LogP contribution is -2.18. The highest BCUT2D eigenvalue weighted by atomic mass is 32.2. The van der Waals surface area contributed by atoms with Gasteiger partial charge in [0.15, 0.2) is 4.80 Å². The molecule has 0 radical (unpaired) electrons. The Morgan fingerprint density at radius 1 is 1.24 bits per heavy atom. The molecule has 0 aliphatic heterocycles. The number of hydrogen-bond donors (Lipinski definition) is 0. The van der Waals surface area contributed by atoms with Gasteiger partial charge < -0.3 is 9.30 Å². The number of amides is 1. The Labute approximate surface area is 174 Å². The molecule has 2 aromatic carbocycles. The van der Waals surface area contributed by atoms with Gasteiger partial charge in [0, 0.05) is 17.9 Å². The number of nitrogens with zero attached hydrogens (tertiary/aromatic N) is 2. The minimum Gasteiger partial charge on any atom is -0.494 e. The predicted octanol–water partition coefficient (Wildman–Crippen LogP) is 5.22. The van der Waals surface area contributed by atoms with Gasteiger partial charge in [-0.25, -0.2) is 0 Å². The molecule has 0 fully saturated rings. The summed E-state index contributed by atoms with van der Waals surface area (Å²) in [6.45, 7) is 3.06. The third kappa shape index (κ3) is 5.02. The Hall–Kier alpha value is -2.26. The van der Waals surface area contributed by atoms with Gasteiger partial charge >= 0.3 is 6.18 Å². The lowest BCUT2D eigenvalue weighted by molar-refractivity contribution is -0.137. The number of ether oxygens (including phenoxy) is 1. The average molecular weight is 441 g/mol. The minimum absolute atomic E-state index is 0.0938. The van der Waals surface area contributed by atoms with Gasteiger partial charge in [0.05, 0.1) is 22.4 Å². The van der Waals surface area contributed by atoms with E-state index in [0.29, 0.717) is 23.7 Å². The normalized spacial score (nSPS) is 12.5. The molecule has 0 N–H and O–H groups in total. The number of rotatable bonds is 6. The van der Waals surface area contributed by atoms with Gasteiger partial charge in [-0.15, -0.1) is 0 Å². The molecule has 1 heterocycles. The van der Waals surface area contributed by atoms with Crippen LogP contribution in [0.4, 0.5) is 13.2 Å². The molecule has 0 unspecified atom stereocenters. The van der Waals surface area contributed by atoms with Crippen LogP contribution in [0.3, 0.4) is 0 Å². The molecular weight excluding hydrogens is 421 g/mol. The van der Waals surface area contributed by atoms with Crippen LogP contribution in [0, 0.1) is 0 Å². The summed E-state index contributed by atoms with van der Waals surface area (Å²) in [7, 11) is 0. The lowest BCUT2D eigenvalue weighted by Gasteiger charge is -2.07. The zero-order valence-electron chi connectivity index (χ0n) is 15.8. The van der Waals surface area contributed by atoms with Gasteiger partial charge in [-0.3, -0.25) is 4.79 Å². The Morgan fingerprint density at radius 3 is 2.72 bits per heavy atom. The van der Waals surface area contributed by atoms with E-state index in [-0.39, 0.29) is 5.56 Å². The average Bonchev–Trinajstić information content (AvgIpc) is 3.02. The Morgan fingerprint density at radius 2 is 2.03 bits per heavy atom. The molecule has 0 aliphatic rings. The second-order valence-electron chi connectivity index (χ2n) is 6.09. The molecule has 0 atom stereocenters. The van der Waals surface area contributed by atoms with Crippen LogP contribution >= 0.6 is 23.1 Å². The summed E-state index contributed by atoms with van der Waals surface area (Å²) in [6, 6.07) is 9.97. The van der Waals surface area contributed by atoms with Crippen molar-refractivity contribution in [2.45, 2.75) is 19.6 Å². The fraction of sp³-hybridized carbons (Fsp3) is 0.300. The number of thioether (sulfide) groups is 1. The van der Waals surface area contributed by atoms with Gasteiger partial charge in [-0.05, 0) is 49.6 Å². The predicted molar refractivity (Wildman–Crippen MR) is 111 cm³/mol. The number of carbonyl (C=O) groups is 1. The number of benzene rings is 2. The van der Waals surface area contributed by atoms with Crippen LogP contribution in [0.15, 0.2) is 47.5 Å². The van der Waals surface area contributed by atoms with Crippen molar-refractivity contribution in [2.75, 3.05) is 18.6 Å². The van der Waals surface area contributed by atoms with E-state index in [1.54, 1.807) is 11.8 Å². The number of halogens is 3. The summed E-state index contributed by atoms with van der Waals surface area (Å²) in [5.74, 6) is 0.823. The zero-order valence-corrected chi connectivity index (χ0v) is 17.5. The van der Waals surface area contributed by atoms with Crippen molar-refractivity contribution >= 4 is 39.2 Å². The summed E-state index contributed by atoms with van der Waals surface area (Å²) in [5.41, 5.74) is -0.0571. The van der Waals surface area contributed by atoms with Crippen molar-refractivity contribution < 1.29 is 22.7 Å². The van der Waals surface area contributed by atoms with Gasteiger partial charge in [-0.1, -0.05) is 17.4 Å². The van der Waals surface area contributed by atoms with Crippen LogP contribution in [0.1, 0.15) is 22.8 Å². The van der Waals surface area contributed by atoms with Crippen LogP contribution in [0.25, 0.3) is 10.2 Å². The maximum absolute atomic E-state index is 12.9. The van der Waals surface area contributed by atoms with Crippen molar-refractivity contribution in [3.05, 3.63) is 58.4 Å². The first-order chi connectivity index (χ1) is 13.8. The molecule has 0 bridgehead atoms. The lowest BCUT2D eigenvalue weighted by atomic mass is 10.1. The molecule has 4 nitrogen and oxygen atoms in total. The van der Waals surface area contributed by atoms with Crippen LogP contribution in [0.5, 0.6) is 5.75 Å². The van der Waals surface area contributed by atoms with Crippen molar-refractivity contribution in [2.24, 2.45) is 4.99 Å². The number of aryl methyl sites for hydroxylation is 1. The molecule has 9 heteroatoms. The summed E-state index contributed by atoms with van der Waals surface area (Å²) in [5, 5.41) is 0. The zero-order chi connectivity index (χ0) is 21.0. The molecule has 3 aromatic rings. The van der Waals surface area contributed by atoms with E-state index in [1.807, 2.05) is 35.9 Å². The van der Waals surface area contributed by atoms with Gasteiger partial charge in [0.1, 0.15) is 5.75 Å². The van der Waals surface area contributed by atoms with E-state index in [9.17, 15) is 18.0 Å². The molecule has 0 saturated carbocycles. The topological polar surface area (TPSA) is 43.6 Å². The first-order valence-electron chi connectivity index (χ1n) is 8.85. The molecule has 1 amide bonds. The van der Waals surface area contributed by atoms with Gasteiger partial charge in [0.2, 0.25) is 0 Å². The van der Waals surface area contributed by atoms with Crippen molar-refractivity contribution in [1.29, 1.82) is 0 Å². The van der Waals surface area contributed by atoms with Crippen LogP contribution < -0.4 is 9.54 Å². The molecule has 154 valence electrons. The fourth-order valence-electron chi connectivity index (χ4n) is 2.77. The van der Waals surface area contributed by atoms with Crippen molar-refractivity contribution in [1.82, 2.24) is 4.57 Å². The molecule has 0 saturated heterocycles. The Kier molecular flexibility index (Phi) is 6.69. The second kappa shape index (κ2) is 9.04. The first-order valence-corrected chi connectivity index (χ1v) is 11.1. The number of alkyl halides is 3. The summed E-state index contributed by atoms with van der Waals surface area (Å²) in [6.07, 6.45) is -2.53. The maximum atomic E-state index is 12.9. The highest BCUT2D eigenvalue weighted by Crippen LogP contribution is 2.29. The fourth-order valence-corrected chi connectivity index (χ4v) is 4.22. The SMILES string of the molecule is CCOc1ccc2c(c1)sc(=NC(=O)c1cccc(C(F)(F)F)c1)n2CCSC. The monoisotopic (exact) mass is 440 g/mol. The molecule has 29 heavy (non-hydrogen) atoms. The first kappa shape index (κ1) is 21.4. The number of carbonyl (C=O) groups excluding carboxylic acids is 1. The standard InChI is InChI=1S/C20H19F3N2O2S2/c1-3-27-15-7-8-16-17(12-15)29-19(25(16)9-10-28-2)24-18(26)13-5-4-6-14(11-13)20(21,22)23/h4-8,11-12H,3,9-10H2,1-2H3. The third-order valence-electron chi connectivity index (χ3n) is 4.12. The van der Waals surface area contributed by atoms with E-state index in [4.69, 9.17) is 4.74 Å². The molecule has 3 rings (SSSR count). The summed E-state index contributed by atoms with van der Waals surface area (Å²) >= 11 is 2.97. The van der Waals surface area contributed by atoms with E-state index >= 15 is 0 Å². The number of hydrogen-bond acceptors (Lipinski definition) is 4. The Bertz CT molecular complexity index is 1090. The summed E-state index contributed by atoms with van der Waals surface area (Å²) < 4.78 is 47.2. The quantitative estimate of drug-likeness (QED) is 0.528. The third-order valence-corrected chi connectivity index (χ3v) is 5.75. The molecule has 0 aliphatic carbocycles. The van der Waals surface area contributed by atoms with Gasteiger partial charge in [-0.2, -0.15) is 29.9 Å². The highest BCUT2D eigenvalue weighted by molar-refractivity contribution is 7.98. The molecular formula is C20H19F3N2O2S2. The van der Waals surface area contributed by atoms with Crippen LogP contribution in [-0.2, 0) is 12.7 Å². The van der Waals surface area contributed by atoms with E-state index < -0.39 is 17.6 Å². The smallest absolute Gasteiger partial charge is 0.416 e. The van der Waals surface area contributed by atoms with Crippen molar-refractivity contribution in [3.8, 4) is 5.75 Å². The second-order valence-corrected chi connectivity index (χ2v) is 8.08. The van der Waals surface area contributed by atoms with E-state index in [0.717, 1.165) is 28.1 Å². The largest absolute Gasteiger partial charge is 0.494 e. The van der Waals surface area contributed by atoms with Crippen LogP contribution in [-0.4, -0.2) is 29.1 Å². The van der Waals surface area contributed by atoms with Crippen LogP contribution in [0.2, 0.25) is 0 Å². The van der Waals surface area contributed by atoms with E-state index in [1.165, 1.54) is 23.5 Å². The minimum atomic E-state index is -4.51.